The fraction of sp³-hybridized carbons (Fsp3) is 0.435. The summed E-state index contributed by atoms with van der Waals surface area (Å²) in [5, 5.41) is 2.94. The molecule has 28 heavy (non-hydrogen) atoms. The minimum absolute atomic E-state index is 0.0520. The number of nitrogens with one attached hydrogen (secondary N) is 1. The lowest BCUT2D eigenvalue weighted by Gasteiger charge is -2.12. The zero-order chi connectivity index (χ0) is 19.8. The number of carbonyl (C=O) groups is 1. The Morgan fingerprint density at radius 3 is 2.86 bits per heavy atom. The Labute approximate surface area is 167 Å². The summed E-state index contributed by atoms with van der Waals surface area (Å²) in [5.74, 6) is 0.737. The van der Waals surface area contributed by atoms with Crippen molar-refractivity contribution in [1.29, 1.82) is 0 Å². The van der Waals surface area contributed by atoms with Crippen LogP contribution in [0.5, 0.6) is 5.75 Å². The molecule has 1 heterocycles. The zero-order valence-electron chi connectivity index (χ0n) is 16.7. The molecule has 0 aromatic heterocycles. The zero-order valence-corrected chi connectivity index (χ0v) is 16.7. The van der Waals surface area contributed by atoms with Gasteiger partial charge in [-0.3, -0.25) is 4.79 Å². The molecule has 1 saturated heterocycles. The molecule has 0 saturated carbocycles. The van der Waals surface area contributed by atoms with E-state index in [-0.39, 0.29) is 12.0 Å². The topological polar surface area (TPSA) is 56.8 Å². The predicted molar refractivity (Wildman–Crippen MR) is 110 cm³/mol. The summed E-state index contributed by atoms with van der Waals surface area (Å²) < 4.78 is 16.9. The van der Waals surface area contributed by atoms with Gasteiger partial charge in [-0.1, -0.05) is 29.8 Å². The maximum Gasteiger partial charge on any atom is 0.226 e. The Morgan fingerprint density at radius 1 is 1.21 bits per heavy atom. The number of carbonyl (C=O) groups excluding carboxylic acids is 1. The van der Waals surface area contributed by atoms with E-state index in [1.54, 1.807) is 0 Å². The van der Waals surface area contributed by atoms with Crippen molar-refractivity contribution >= 4 is 11.6 Å². The minimum atomic E-state index is -0.0520. The summed E-state index contributed by atoms with van der Waals surface area (Å²) >= 11 is 0. The van der Waals surface area contributed by atoms with Crippen LogP contribution in [0.15, 0.2) is 42.5 Å². The third-order valence-corrected chi connectivity index (χ3v) is 4.76. The normalized spacial score (nSPS) is 16.1. The van der Waals surface area contributed by atoms with Crippen LogP contribution in [0.3, 0.4) is 0 Å². The highest BCUT2D eigenvalue weighted by Crippen LogP contribution is 2.22. The first-order chi connectivity index (χ1) is 13.6. The van der Waals surface area contributed by atoms with Gasteiger partial charge in [0.25, 0.3) is 0 Å². The lowest BCUT2D eigenvalue weighted by molar-refractivity contribution is -0.117. The highest BCUT2D eigenvalue weighted by Gasteiger charge is 2.15. The number of ether oxygens (including phenoxy) is 3. The van der Waals surface area contributed by atoms with Crippen molar-refractivity contribution in [3.05, 3.63) is 59.2 Å². The third kappa shape index (κ3) is 6.36. The van der Waals surface area contributed by atoms with Crippen LogP contribution < -0.4 is 10.1 Å². The predicted octanol–water partition coefficient (Wildman–Crippen LogP) is 4.41. The Hall–Kier alpha value is -2.37. The molecule has 1 fully saturated rings. The Balaban J connectivity index is 1.42. The van der Waals surface area contributed by atoms with E-state index < -0.39 is 0 Å². The quantitative estimate of drug-likeness (QED) is 0.652. The molecular weight excluding hydrogens is 354 g/mol. The first-order valence-electron chi connectivity index (χ1n) is 9.88. The van der Waals surface area contributed by atoms with Crippen molar-refractivity contribution < 1.29 is 19.0 Å². The van der Waals surface area contributed by atoms with E-state index in [0.717, 1.165) is 42.0 Å². The molecule has 2 aromatic carbocycles. The number of aryl methyl sites for hydroxylation is 2. The van der Waals surface area contributed by atoms with Crippen molar-refractivity contribution in [2.45, 2.75) is 45.8 Å². The van der Waals surface area contributed by atoms with Crippen LogP contribution in [0.25, 0.3) is 0 Å². The monoisotopic (exact) mass is 383 g/mol. The van der Waals surface area contributed by atoms with Crippen LogP contribution in [-0.2, 0) is 20.9 Å². The average molecular weight is 383 g/mol. The number of anilines is 1. The van der Waals surface area contributed by atoms with Crippen molar-refractivity contribution in [1.82, 2.24) is 0 Å². The summed E-state index contributed by atoms with van der Waals surface area (Å²) in [6.45, 7) is 6.34. The second kappa shape index (κ2) is 10.2. The van der Waals surface area contributed by atoms with E-state index in [9.17, 15) is 4.79 Å². The van der Waals surface area contributed by atoms with Gasteiger partial charge in [-0.2, -0.15) is 0 Å². The summed E-state index contributed by atoms with van der Waals surface area (Å²) in [6.07, 6.45) is 2.66. The van der Waals surface area contributed by atoms with E-state index in [2.05, 4.69) is 30.4 Å². The van der Waals surface area contributed by atoms with Gasteiger partial charge in [-0.15, -0.1) is 0 Å². The molecule has 1 aliphatic heterocycles. The second-order valence-corrected chi connectivity index (χ2v) is 7.26. The Bertz CT molecular complexity index is 784. The smallest absolute Gasteiger partial charge is 0.226 e. The number of benzene rings is 2. The molecule has 5 nitrogen and oxygen atoms in total. The molecule has 0 aliphatic carbocycles. The molecule has 0 radical (unpaired) electrons. The van der Waals surface area contributed by atoms with E-state index in [0.29, 0.717) is 26.2 Å². The minimum Gasteiger partial charge on any atom is -0.489 e. The molecule has 2 aromatic rings. The van der Waals surface area contributed by atoms with Crippen molar-refractivity contribution in [2.24, 2.45) is 0 Å². The van der Waals surface area contributed by atoms with Crippen LogP contribution in [0, 0.1) is 13.8 Å². The maximum absolute atomic E-state index is 12.1. The third-order valence-electron chi connectivity index (χ3n) is 4.76. The first-order valence-corrected chi connectivity index (χ1v) is 9.88. The molecule has 1 aliphatic rings. The van der Waals surface area contributed by atoms with E-state index in [1.165, 1.54) is 5.56 Å². The van der Waals surface area contributed by atoms with Crippen LogP contribution in [0.1, 0.15) is 36.0 Å². The standard InChI is InChI=1S/C23H29NO4/c1-17-5-3-6-19(13-17)15-28-20-8-9-22(18(2)14-20)24-23(25)10-12-26-16-21-7-4-11-27-21/h3,5-6,8-9,13-14,21H,4,7,10-12,15-16H2,1-2H3,(H,24,25). The van der Waals surface area contributed by atoms with E-state index in [1.807, 2.05) is 31.2 Å². The van der Waals surface area contributed by atoms with Gasteiger partial charge in [0.1, 0.15) is 12.4 Å². The van der Waals surface area contributed by atoms with Crippen molar-refractivity contribution in [2.75, 3.05) is 25.1 Å². The van der Waals surface area contributed by atoms with Crippen molar-refractivity contribution in [3.63, 3.8) is 0 Å². The lowest BCUT2D eigenvalue weighted by atomic mass is 10.1. The number of hydrogen-bond acceptors (Lipinski definition) is 4. The molecule has 1 unspecified atom stereocenters. The molecule has 1 amide bonds. The van der Waals surface area contributed by atoms with Gasteiger partial charge in [0.2, 0.25) is 5.91 Å². The summed E-state index contributed by atoms with van der Waals surface area (Å²) in [7, 11) is 0. The molecule has 3 rings (SSSR count). The van der Waals surface area contributed by atoms with Crippen LogP contribution in [-0.4, -0.2) is 31.8 Å². The number of hydrogen-bond donors (Lipinski definition) is 1. The van der Waals surface area contributed by atoms with Crippen LogP contribution in [0.2, 0.25) is 0 Å². The summed E-state index contributed by atoms with van der Waals surface area (Å²) in [5.41, 5.74) is 4.12. The molecule has 5 heteroatoms. The fourth-order valence-corrected chi connectivity index (χ4v) is 3.20. The fourth-order valence-electron chi connectivity index (χ4n) is 3.20. The van der Waals surface area contributed by atoms with Gasteiger partial charge in [-0.25, -0.2) is 0 Å². The summed E-state index contributed by atoms with van der Waals surface area (Å²) in [4.78, 5) is 12.1. The lowest BCUT2D eigenvalue weighted by Crippen LogP contribution is -2.18. The molecule has 150 valence electrons. The Morgan fingerprint density at radius 2 is 2.11 bits per heavy atom. The van der Waals surface area contributed by atoms with Gasteiger partial charge in [0, 0.05) is 12.3 Å². The van der Waals surface area contributed by atoms with Gasteiger partial charge >= 0.3 is 0 Å². The van der Waals surface area contributed by atoms with Crippen LogP contribution >= 0.6 is 0 Å². The van der Waals surface area contributed by atoms with Gasteiger partial charge in [0.05, 0.1) is 25.7 Å². The average Bonchev–Trinajstić information content (AvgIpc) is 3.19. The van der Waals surface area contributed by atoms with Gasteiger partial charge in [0.15, 0.2) is 0 Å². The summed E-state index contributed by atoms with van der Waals surface area (Å²) in [6, 6.07) is 14.0. The van der Waals surface area contributed by atoms with Crippen LogP contribution in [0.4, 0.5) is 5.69 Å². The molecule has 0 bridgehead atoms. The number of rotatable bonds is 9. The van der Waals surface area contributed by atoms with E-state index in [4.69, 9.17) is 14.2 Å². The molecule has 0 spiro atoms. The number of amides is 1. The first kappa shape index (κ1) is 20.4. The maximum atomic E-state index is 12.1. The van der Waals surface area contributed by atoms with Gasteiger partial charge < -0.3 is 19.5 Å². The SMILES string of the molecule is Cc1cccc(COc2ccc(NC(=O)CCOCC3CCCO3)c(C)c2)c1. The van der Waals surface area contributed by atoms with Gasteiger partial charge in [-0.05, 0) is 56.0 Å². The molecule has 1 N–H and O–H groups in total. The largest absolute Gasteiger partial charge is 0.489 e. The van der Waals surface area contributed by atoms with Crippen molar-refractivity contribution in [3.8, 4) is 5.75 Å². The highest BCUT2D eigenvalue weighted by molar-refractivity contribution is 5.91. The Kier molecular flexibility index (Phi) is 7.46. The highest BCUT2D eigenvalue weighted by atomic mass is 16.5. The second-order valence-electron chi connectivity index (χ2n) is 7.26. The van der Waals surface area contributed by atoms with E-state index >= 15 is 0 Å². The molecule has 1 atom stereocenters. The molecular formula is C23H29NO4.